The number of hydrogen-bond acceptors (Lipinski definition) is 1. The van der Waals surface area contributed by atoms with Crippen molar-refractivity contribution in [1.82, 2.24) is 4.57 Å². The molecule has 0 atom stereocenters. The third kappa shape index (κ3) is 4.13. The molecule has 1 heterocycles. The summed E-state index contributed by atoms with van der Waals surface area (Å²) in [6.45, 7) is 0. The van der Waals surface area contributed by atoms with E-state index in [2.05, 4.69) is 179 Å². The monoisotopic (exact) mass is 536 g/mol. The summed E-state index contributed by atoms with van der Waals surface area (Å²) in [5.41, 5.74) is 9.32. The number of anilines is 3. The minimum Gasteiger partial charge on any atom is -0.310 e. The van der Waals surface area contributed by atoms with Crippen molar-refractivity contribution in [2.24, 2.45) is 0 Å². The van der Waals surface area contributed by atoms with Crippen LogP contribution in [0.5, 0.6) is 0 Å². The average Bonchev–Trinajstić information content (AvgIpc) is 3.40. The van der Waals surface area contributed by atoms with Gasteiger partial charge in [-0.2, -0.15) is 0 Å². The molecule has 0 N–H and O–H groups in total. The Morgan fingerprint density at radius 2 is 0.929 bits per heavy atom. The molecular weight excluding hydrogens is 508 g/mol. The van der Waals surface area contributed by atoms with E-state index in [9.17, 15) is 0 Å². The molecule has 198 valence electrons. The van der Waals surface area contributed by atoms with Crippen LogP contribution in [0.25, 0.3) is 49.4 Å². The largest absolute Gasteiger partial charge is 0.310 e. The summed E-state index contributed by atoms with van der Waals surface area (Å²) in [7, 11) is 0. The number of aromatic nitrogens is 1. The van der Waals surface area contributed by atoms with Crippen molar-refractivity contribution < 1.29 is 0 Å². The minimum atomic E-state index is 1.11. The van der Waals surface area contributed by atoms with Gasteiger partial charge in [0.1, 0.15) is 0 Å². The molecule has 0 aliphatic carbocycles. The Kier molecular flexibility index (Phi) is 5.82. The van der Waals surface area contributed by atoms with Gasteiger partial charge in [-0.15, -0.1) is 0 Å². The standard InChI is InChI=1S/C40H28N2/c1-2-11-29(12-3-1)31-21-24-33(25-22-31)41(36-26-23-30-13-4-5-14-32(30)27-36)34-15-10-16-35(28-34)42-39-19-8-6-17-37(39)38-18-7-9-20-40(38)42/h1-28H. The van der Waals surface area contributed by atoms with Crippen molar-refractivity contribution in [3.05, 3.63) is 170 Å². The van der Waals surface area contributed by atoms with Crippen LogP contribution < -0.4 is 4.90 Å². The summed E-state index contributed by atoms with van der Waals surface area (Å²) in [6, 6.07) is 60.9. The fourth-order valence-corrected chi connectivity index (χ4v) is 6.17. The normalized spacial score (nSPS) is 11.3. The van der Waals surface area contributed by atoms with Crippen LogP contribution in [-0.4, -0.2) is 4.57 Å². The molecule has 7 aromatic carbocycles. The first-order valence-electron chi connectivity index (χ1n) is 14.4. The summed E-state index contributed by atoms with van der Waals surface area (Å²) < 4.78 is 2.38. The van der Waals surface area contributed by atoms with Gasteiger partial charge in [-0.25, -0.2) is 0 Å². The summed E-state index contributed by atoms with van der Waals surface area (Å²) in [4.78, 5) is 2.36. The molecule has 8 rings (SSSR count). The average molecular weight is 537 g/mol. The van der Waals surface area contributed by atoms with Gasteiger partial charge < -0.3 is 9.47 Å². The van der Waals surface area contributed by atoms with Crippen LogP contribution in [0.4, 0.5) is 17.1 Å². The van der Waals surface area contributed by atoms with Gasteiger partial charge in [0.25, 0.3) is 0 Å². The quantitative estimate of drug-likeness (QED) is 0.212. The molecule has 2 heteroatoms. The van der Waals surface area contributed by atoms with Gasteiger partial charge in [-0.1, -0.05) is 115 Å². The highest BCUT2D eigenvalue weighted by molar-refractivity contribution is 6.09. The van der Waals surface area contributed by atoms with E-state index >= 15 is 0 Å². The number of hydrogen-bond donors (Lipinski definition) is 0. The fourth-order valence-electron chi connectivity index (χ4n) is 6.17. The maximum Gasteiger partial charge on any atom is 0.0541 e. The molecular formula is C40H28N2. The smallest absolute Gasteiger partial charge is 0.0541 e. The van der Waals surface area contributed by atoms with Gasteiger partial charge in [0.15, 0.2) is 0 Å². The van der Waals surface area contributed by atoms with Gasteiger partial charge in [-0.3, -0.25) is 0 Å². The molecule has 0 fully saturated rings. The summed E-state index contributed by atoms with van der Waals surface area (Å²) in [5, 5.41) is 4.99. The van der Waals surface area contributed by atoms with Crippen molar-refractivity contribution >= 4 is 49.6 Å². The first-order valence-corrected chi connectivity index (χ1v) is 14.4. The van der Waals surface area contributed by atoms with Gasteiger partial charge in [0.05, 0.1) is 11.0 Å². The second kappa shape index (κ2) is 10.1. The van der Waals surface area contributed by atoms with E-state index in [1.165, 1.54) is 43.7 Å². The number of rotatable bonds is 5. The predicted octanol–water partition coefficient (Wildman–Crippen LogP) is 11.1. The topological polar surface area (TPSA) is 8.17 Å². The van der Waals surface area contributed by atoms with Gasteiger partial charge in [0, 0.05) is 33.5 Å². The van der Waals surface area contributed by atoms with Crippen molar-refractivity contribution in [1.29, 1.82) is 0 Å². The Labute approximate surface area is 245 Å². The van der Waals surface area contributed by atoms with Crippen LogP contribution in [0, 0.1) is 0 Å². The van der Waals surface area contributed by atoms with E-state index < -0.39 is 0 Å². The van der Waals surface area contributed by atoms with E-state index in [-0.39, 0.29) is 0 Å². The van der Waals surface area contributed by atoms with E-state index in [1.807, 2.05) is 0 Å². The zero-order valence-corrected chi connectivity index (χ0v) is 23.1. The molecule has 0 aliphatic rings. The van der Waals surface area contributed by atoms with E-state index in [0.717, 1.165) is 22.7 Å². The van der Waals surface area contributed by atoms with Crippen LogP contribution >= 0.6 is 0 Å². The maximum absolute atomic E-state index is 2.38. The van der Waals surface area contributed by atoms with Crippen molar-refractivity contribution in [2.75, 3.05) is 4.90 Å². The summed E-state index contributed by atoms with van der Waals surface area (Å²) in [6.07, 6.45) is 0. The molecule has 2 nitrogen and oxygen atoms in total. The number of para-hydroxylation sites is 2. The zero-order chi connectivity index (χ0) is 27.9. The van der Waals surface area contributed by atoms with Crippen LogP contribution in [0.15, 0.2) is 170 Å². The van der Waals surface area contributed by atoms with Crippen LogP contribution in [0.3, 0.4) is 0 Å². The third-order valence-corrected chi connectivity index (χ3v) is 8.15. The summed E-state index contributed by atoms with van der Waals surface area (Å²) >= 11 is 0. The first kappa shape index (κ1) is 24.2. The number of benzene rings is 7. The molecule has 0 radical (unpaired) electrons. The zero-order valence-electron chi connectivity index (χ0n) is 23.1. The van der Waals surface area contributed by atoms with Crippen molar-refractivity contribution in [3.63, 3.8) is 0 Å². The molecule has 42 heavy (non-hydrogen) atoms. The maximum atomic E-state index is 2.38. The molecule has 0 spiro atoms. The Morgan fingerprint density at radius 3 is 1.67 bits per heavy atom. The lowest BCUT2D eigenvalue weighted by atomic mass is 10.0. The third-order valence-electron chi connectivity index (χ3n) is 8.15. The molecule has 0 saturated carbocycles. The fraction of sp³-hybridized carbons (Fsp3) is 0. The second-order valence-electron chi connectivity index (χ2n) is 10.7. The lowest BCUT2D eigenvalue weighted by Gasteiger charge is -2.27. The summed E-state index contributed by atoms with van der Waals surface area (Å²) in [5.74, 6) is 0. The molecule has 0 bridgehead atoms. The lowest BCUT2D eigenvalue weighted by molar-refractivity contribution is 1.17. The minimum absolute atomic E-state index is 1.11. The highest BCUT2D eigenvalue weighted by atomic mass is 15.1. The highest BCUT2D eigenvalue weighted by Gasteiger charge is 2.16. The van der Waals surface area contributed by atoms with E-state index in [4.69, 9.17) is 0 Å². The van der Waals surface area contributed by atoms with Gasteiger partial charge >= 0.3 is 0 Å². The Morgan fingerprint density at radius 1 is 0.357 bits per heavy atom. The van der Waals surface area contributed by atoms with Crippen molar-refractivity contribution in [3.8, 4) is 16.8 Å². The molecule has 1 aromatic heterocycles. The Balaban J connectivity index is 1.31. The van der Waals surface area contributed by atoms with E-state index in [1.54, 1.807) is 0 Å². The van der Waals surface area contributed by atoms with Crippen LogP contribution in [0.1, 0.15) is 0 Å². The molecule has 0 saturated heterocycles. The van der Waals surface area contributed by atoms with E-state index in [0.29, 0.717) is 0 Å². The Bertz CT molecular complexity index is 2140. The molecule has 0 unspecified atom stereocenters. The van der Waals surface area contributed by atoms with Crippen LogP contribution in [0.2, 0.25) is 0 Å². The second-order valence-corrected chi connectivity index (χ2v) is 10.7. The Hall–Kier alpha value is -5.60. The SMILES string of the molecule is c1ccc(-c2ccc(N(c3cccc(-n4c5ccccc5c5ccccc54)c3)c3ccc4ccccc4c3)cc2)cc1. The van der Waals surface area contributed by atoms with Crippen LogP contribution in [-0.2, 0) is 0 Å². The number of nitrogens with zero attached hydrogens (tertiary/aromatic N) is 2. The predicted molar refractivity (Wildman–Crippen MR) is 178 cm³/mol. The highest BCUT2D eigenvalue weighted by Crippen LogP contribution is 2.39. The molecule has 0 amide bonds. The first-order chi connectivity index (χ1) is 20.8. The lowest BCUT2D eigenvalue weighted by Crippen LogP contribution is -2.10. The molecule has 0 aliphatic heterocycles. The van der Waals surface area contributed by atoms with Gasteiger partial charge in [-0.05, 0) is 76.5 Å². The molecule has 8 aromatic rings. The van der Waals surface area contributed by atoms with Gasteiger partial charge in [0.2, 0.25) is 0 Å². The number of fused-ring (bicyclic) bond motifs is 4. The van der Waals surface area contributed by atoms with Crippen molar-refractivity contribution in [2.45, 2.75) is 0 Å².